The molecule has 3 aromatic rings. The summed E-state index contributed by atoms with van der Waals surface area (Å²) in [5.74, 6) is 1.80. The molecular formula is C18H15BrClN3O. The molecule has 0 aliphatic carbocycles. The van der Waals surface area contributed by atoms with Crippen molar-refractivity contribution in [1.82, 2.24) is 9.78 Å². The highest BCUT2D eigenvalue weighted by molar-refractivity contribution is 9.10. The molecule has 0 unspecified atom stereocenters. The number of hydrogen-bond acceptors (Lipinski definition) is 3. The van der Waals surface area contributed by atoms with E-state index in [2.05, 4.69) is 21.2 Å². The van der Waals surface area contributed by atoms with E-state index in [-0.39, 0.29) is 0 Å². The average Bonchev–Trinajstić information content (AvgIpc) is 3.18. The van der Waals surface area contributed by atoms with Crippen molar-refractivity contribution in [3.05, 3.63) is 57.5 Å². The number of methoxy groups -OCH3 is 1. The Morgan fingerprint density at radius 1 is 1.25 bits per heavy atom. The fourth-order valence-corrected chi connectivity index (χ4v) is 3.68. The number of rotatable bonds is 3. The molecule has 4 nitrogen and oxygen atoms in total. The number of hydrogen-bond donors (Lipinski definition) is 1. The van der Waals surface area contributed by atoms with E-state index in [9.17, 15) is 0 Å². The summed E-state index contributed by atoms with van der Waals surface area (Å²) >= 11 is 9.82. The van der Waals surface area contributed by atoms with Crippen molar-refractivity contribution in [3.8, 4) is 22.7 Å². The minimum atomic E-state index is 0.668. The van der Waals surface area contributed by atoms with E-state index in [1.807, 2.05) is 47.1 Å². The number of para-hydroxylation sites is 1. The first-order valence-corrected chi connectivity index (χ1v) is 8.80. The van der Waals surface area contributed by atoms with Crippen LogP contribution in [0.2, 0.25) is 5.02 Å². The van der Waals surface area contributed by atoms with E-state index in [4.69, 9.17) is 21.4 Å². The van der Waals surface area contributed by atoms with Crippen molar-refractivity contribution < 1.29 is 4.74 Å². The second-order valence-electron chi connectivity index (χ2n) is 5.56. The first-order chi connectivity index (χ1) is 11.7. The van der Waals surface area contributed by atoms with Crippen LogP contribution in [0.1, 0.15) is 5.56 Å². The number of anilines is 1. The quantitative estimate of drug-likeness (QED) is 0.672. The highest BCUT2D eigenvalue weighted by atomic mass is 79.9. The molecule has 0 saturated heterocycles. The Labute approximate surface area is 153 Å². The summed E-state index contributed by atoms with van der Waals surface area (Å²) in [4.78, 5) is 0. The molecule has 0 bridgehead atoms. The van der Waals surface area contributed by atoms with Gasteiger partial charge in [-0.15, -0.1) is 0 Å². The molecule has 2 heterocycles. The summed E-state index contributed by atoms with van der Waals surface area (Å²) in [7, 11) is 1.66. The second-order valence-corrected chi connectivity index (χ2v) is 6.85. The molecule has 1 N–H and O–H groups in total. The first-order valence-electron chi connectivity index (χ1n) is 7.63. The molecule has 0 spiro atoms. The zero-order valence-electron chi connectivity index (χ0n) is 13.0. The number of nitrogens with one attached hydrogen (secondary N) is 1. The molecule has 0 atom stereocenters. The Morgan fingerprint density at radius 2 is 2.08 bits per heavy atom. The maximum absolute atomic E-state index is 6.21. The van der Waals surface area contributed by atoms with Crippen LogP contribution >= 0.6 is 27.5 Å². The molecule has 24 heavy (non-hydrogen) atoms. The number of aromatic nitrogens is 2. The Balaban J connectivity index is 1.95. The van der Waals surface area contributed by atoms with Gasteiger partial charge in [0.05, 0.1) is 12.8 Å². The van der Waals surface area contributed by atoms with Crippen LogP contribution < -0.4 is 10.1 Å². The van der Waals surface area contributed by atoms with Gasteiger partial charge in [0.15, 0.2) is 0 Å². The zero-order valence-corrected chi connectivity index (χ0v) is 15.4. The van der Waals surface area contributed by atoms with Crippen molar-refractivity contribution in [2.75, 3.05) is 19.0 Å². The lowest BCUT2D eigenvalue weighted by Gasteiger charge is -2.09. The van der Waals surface area contributed by atoms with Gasteiger partial charge >= 0.3 is 0 Å². The summed E-state index contributed by atoms with van der Waals surface area (Å²) in [5, 5.41) is 8.98. The second kappa shape index (κ2) is 6.15. The maximum Gasteiger partial charge on any atom is 0.133 e. The van der Waals surface area contributed by atoms with Crippen LogP contribution in [0.25, 0.3) is 16.9 Å². The van der Waals surface area contributed by atoms with E-state index >= 15 is 0 Å². The molecule has 0 radical (unpaired) electrons. The predicted octanol–water partition coefficient (Wildman–Crippen LogP) is 4.93. The molecule has 2 aromatic carbocycles. The van der Waals surface area contributed by atoms with Gasteiger partial charge in [0.25, 0.3) is 0 Å². The molecular weight excluding hydrogens is 390 g/mol. The van der Waals surface area contributed by atoms with Crippen LogP contribution in [-0.4, -0.2) is 23.4 Å². The van der Waals surface area contributed by atoms with Crippen molar-refractivity contribution in [3.63, 3.8) is 0 Å². The lowest BCUT2D eigenvalue weighted by Crippen LogP contribution is -2.05. The topological polar surface area (TPSA) is 39.1 Å². The van der Waals surface area contributed by atoms with Gasteiger partial charge in [0.2, 0.25) is 0 Å². The molecule has 4 rings (SSSR count). The third-order valence-corrected chi connectivity index (χ3v) is 5.05. The molecule has 122 valence electrons. The van der Waals surface area contributed by atoms with Gasteiger partial charge in [0, 0.05) is 27.2 Å². The van der Waals surface area contributed by atoms with Crippen LogP contribution in [0.5, 0.6) is 5.75 Å². The van der Waals surface area contributed by atoms with Crippen molar-refractivity contribution in [1.29, 1.82) is 0 Å². The van der Waals surface area contributed by atoms with E-state index in [0.29, 0.717) is 5.02 Å². The standard InChI is InChI=1S/C18H15BrClN3O/c1-24-16-7-6-11(20)10-13(16)17-12-8-9-21-18(12)23(22-17)15-5-3-2-4-14(15)19/h2-7,10,21H,8-9H2,1H3. The van der Waals surface area contributed by atoms with Gasteiger partial charge in [-0.3, -0.25) is 0 Å². The largest absolute Gasteiger partial charge is 0.496 e. The molecule has 0 saturated carbocycles. The monoisotopic (exact) mass is 403 g/mol. The molecule has 1 aromatic heterocycles. The highest BCUT2D eigenvalue weighted by Crippen LogP contribution is 2.40. The van der Waals surface area contributed by atoms with Gasteiger partial charge in [-0.25, -0.2) is 4.68 Å². The first kappa shape index (κ1) is 15.5. The number of halogens is 2. The molecule has 1 aliphatic heterocycles. The SMILES string of the molecule is COc1ccc(Cl)cc1-c1nn(-c2ccccc2Br)c2c1CCN2. The zero-order chi connectivity index (χ0) is 16.7. The fourth-order valence-electron chi connectivity index (χ4n) is 3.05. The van der Waals surface area contributed by atoms with Crippen LogP contribution in [0.3, 0.4) is 0 Å². The fraction of sp³-hybridized carbons (Fsp3) is 0.167. The third-order valence-electron chi connectivity index (χ3n) is 4.15. The van der Waals surface area contributed by atoms with Crippen molar-refractivity contribution in [2.45, 2.75) is 6.42 Å². The van der Waals surface area contributed by atoms with Crippen molar-refractivity contribution >= 4 is 33.3 Å². The van der Waals surface area contributed by atoms with Gasteiger partial charge in [-0.1, -0.05) is 23.7 Å². The summed E-state index contributed by atoms with van der Waals surface area (Å²) in [6, 6.07) is 13.7. The van der Waals surface area contributed by atoms with Crippen LogP contribution in [0, 0.1) is 0 Å². The van der Waals surface area contributed by atoms with E-state index in [1.165, 1.54) is 5.56 Å². The van der Waals surface area contributed by atoms with Crippen LogP contribution in [-0.2, 0) is 6.42 Å². The summed E-state index contributed by atoms with van der Waals surface area (Å²) in [6.07, 6.45) is 0.921. The van der Waals surface area contributed by atoms with Crippen molar-refractivity contribution in [2.24, 2.45) is 0 Å². The maximum atomic E-state index is 6.21. The summed E-state index contributed by atoms with van der Waals surface area (Å²) in [6.45, 7) is 0.896. The average molecular weight is 405 g/mol. The van der Waals surface area contributed by atoms with E-state index in [0.717, 1.165) is 46.0 Å². The molecule has 0 amide bonds. The molecule has 1 aliphatic rings. The summed E-state index contributed by atoms with van der Waals surface area (Å²) < 4.78 is 8.46. The minimum absolute atomic E-state index is 0.668. The Hall–Kier alpha value is -1.98. The number of ether oxygens (including phenoxy) is 1. The Kier molecular flexibility index (Phi) is 3.98. The lowest BCUT2D eigenvalue weighted by atomic mass is 10.1. The van der Waals surface area contributed by atoms with Gasteiger partial charge < -0.3 is 10.1 Å². The highest BCUT2D eigenvalue weighted by Gasteiger charge is 2.26. The van der Waals surface area contributed by atoms with E-state index < -0.39 is 0 Å². The number of nitrogens with zero attached hydrogens (tertiary/aromatic N) is 2. The van der Waals surface area contributed by atoms with Gasteiger partial charge in [0.1, 0.15) is 17.3 Å². The van der Waals surface area contributed by atoms with Crippen LogP contribution in [0.15, 0.2) is 46.9 Å². The molecule has 0 fully saturated rings. The molecule has 6 heteroatoms. The lowest BCUT2D eigenvalue weighted by molar-refractivity contribution is 0.416. The van der Waals surface area contributed by atoms with Crippen LogP contribution in [0.4, 0.5) is 5.82 Å². The number of fused-ring (bicyclic) bond motifs is 1. The van der Waals surface area contributed by atoms with Gasteiger partial charge in [-0.2, -0.15) is 5.10 Å². The van der Waals surface area contributed by atoms with Gasteiger partial charge in [-0.05, 0) is 52.7 Å². The normalized spacial score (nSPS) is 12.8. The summed E-state index contributed by atoms with van der Waals surface area (Å²) in [5.41, 5.74) is 4.00. The Morgan fingerprint density at radius 3 is 2.88 bits per heavy atom. The Bertz CT molecular complexity index is 923. The third kappa shape index (κ3) is 2.48. The minimum Gasteiger partial charge on any atom is -0.496 e. The predicted molar refractivity (Wildman–Crippen MR) is 100 cm³/mol. The number of benzene rings is 2. The van der Waals surface area contributed by atoms with E-state index in [1.54, 1.807) is 7.11 Å². The smallest absolute Gasteiger partial charge is 0.133 e.